The zero-order valence-electron chi connectivity index (χ0n) is 87.7. The Bertz CT molecular complexity index is 5140. The Morgan fingerprint density at radius 3 is 0.650 bits per heavy atom. The van der Waals surface area contributed by atoms with E-state index in [1.54, 1.807) is 347 Å². The van der Waals surface area contributed by atoms with Crippen LogP contribution in [0.4, 0.5) is 0 Å². The van der Waals surface area contributed by atoms with Crippen molar-refractivity contribution in [3.63, 3.8) is 0 Å². The van der Waals surface area contributed by atoms with Crippen molar-refractivity contribution in [3.05, 3.63) is 11.1 Å². The molecular formula is C140H192. The molecule has 0 N–H and O–H groups in total. The summed E-state index contributed by atoms with van der Waals surface area (Å²) >= 11 is 0. The van der Waals surface area contributed by atoms with Crippen molar-refractivity contribution in [2.45, 2.75) is 347 Å². The Hall–Kier alpha value is -0.260. The summed E-state index contributed by atoms with van der Waals surface area (Å²) in [7, 11) is 0. The van der Waals surface area contributed by atoms with Crippen LogP contribution in [-0.2, 0) is 0 Å². The highest BCUT2D eigenvalue weighted by Crippen LogP contribution is 2.93. The van der Waals surface area contributed by atoms with Gasteiger partial charge in [0.05, 0.1) is 0 Å². The molecule has 44 fully saturated rings. The van der Waals surface area contributed by atoms with Gasteiger partial charge in [0.1, 0.15) is 0 Å². The third-order valence-electron chi connectivity index (χ3n) is 71.6. The molecule has 84 unspecified atom stereocenters. The molecule has 752 valence electrons. The Morgan fingerprint density at radius 2 is 0.264 bits per heavy atom. The Kier molecular flexibility index (Phi) is 15.6. The predicted octanol–water partition coefficient (Wildman–Crippen LogP) is 31.7. The molecule has 0 aromatic heterocycles. The minimum atomic E-state index is 1.06. The van der Waals surface area contributed by atoms with Gasteiger partial charge < -0.3 is 0 Å². The number of hydrogen-bond acceptors (Lipinski definition) is 0. The molecule has 84 atom stereocenters. The first kappa shape index (κ1) is 80.5. The van der Waals surface area contributed by atoms with Gasteiger partial charge in [0.15, 0.2) is 0 Å². The number of allylic oxidation sites excluding steroid dienone is 2. The molecule has 0 nitrogen and oxygen atoms in total. The van der Waals surface area contributed by atoms with E-state index in [-0.39, 0.29) is 0 Å². The lowest BCUT2D eigenvalue weighted by Gasteiger charge is -2.84. The minimum absolute atomic E-state index is 1.06. The maximum atomic E-state index is 2.35. The molecule has 46 aliphatic rings. The molecule has 0 saturated heterocycles. The van der Waals surface area contributed by atoms with Gasteiger partial charge in [-0.25, -0.2) is 0 Å². The standard InChI is InChI=1S/C48H64.2C46H64/c1-3-20-15-23-9-10-24-17-26-12-11-25-16-22-8-7-19-13-14-29-27-5-2-4-21-18-30-28(6-1)31(20)41-35(23)36(24)44-38(26)37(25)43-34(22)33(19)39(29)45-42(32(21)27)40(30)46(41)48(44)47(43)45;1-3-21-17-23-9-7-19-11-13-27-28-14-12-20-8-10-24-18-22-4-2-6-26-30-16-15-29-25(5-1)31(21)41-35(23)33(19)37(27)43-44-38(28)34(20)36(24)42(32(22)26)46(44)40(30)39(29)45(41)43;1-3-21-15-24-12-14-30-28-6-2-5-27-29-13-11-20-8-7-19-9-10-23-17-26-18-25-16-22(4-1)31(21)41-35(24)40(30)46-43(36(25)41)37(26)42-34(23)32(19)33(20)39(29)45(42)44(46)38(27)28/h19-36,39-48H,1-18H2;2*19-46H,1-18H2. The highest BCUT2D eigenvalue weighted by atomic mass is 14.9. The fourth-order valence-corrected chi connectivity index (χ4v) is 74.0. The van der Waals surface area contributed by atoms with Gasteiger partial charge in [-0.2, -0.15) is 0 Å². The third-order valence-corrected chi connectivity index (χ3v) is 71.6. The summed E-state index contributed by atoms with van der Waals surface area (Å²) < 4.78 is 0. The lowest BCUT2D eigenvalue weighted by molar-refractivity contribution is -0.363. The van der Waals surface area contributed by atoms with E-state index in [1.807, 2.05) is 0 Å². The molecule has 0 heteroatoms. The molecule has 0 heterocycles. The predicted molar refractivity (Wildman–Crippen MR) is 550 cm³/mol. The van der Waals surface area contributed by atoms with Crippen LogP contribution in [0.5, 0.6) is 0 Å². The molecule has 0 radical (unpaired) electrons. The molecule has 46 aliphatic carbocycles. The van der Waals surface area contributed by atoms with Crippen molar-refractivity contribution in [3.8, 4) is 0 Å². The number of hydrogen-bond donors (Lipinski definition) is 0. The molecule has 46 rings (SSSR count). The average Bonchev–Trinajstić information content (AvgIpc) is 0.639. The van der Waals surface area contributed by atoms with Crippen LogP contribution in [0, 0.1) is 497 Å². The summed E-state index contributed by atoms with van der Waals surface area (Å²) in [6.07, 6.45) is 91.0. The largest absolute Gasteiger partial charge is 0.0636 e. The van der Waals surface area contributed by atoms with Crippen molar-refractivity contribution in [2.75, 3.05) is 0 Å². The van der Waals surface area contributed by atoms with Crippen molar-refractivity contribution in [2.24, 2.45) is 497 Å². The van der Waals surface area contributed by atoms with E-state index >= 15 is 0 Å². The van der Waals surface area contributed by atoms with Crippen LogP contribution < -0.4 is 0 Å². The van der Waals surface area contributed by atoms with Crippen LogP contribution in [-0.4, -0.2) is 0 Å². The Morgan fingerprint density at radius 1 is 0.0857 bits per heavy atom. The molecule has 44 saturated carbocycles. The molecule has 0 bridgehead atoms. The number of rotatable bonds is 0. The fraction of sp³-hybridized carbons (Fsp3) is 0.986. The smallest absolute Gasteiger partial charge is 0.0130 e. The van der Waals surface area contributed by atoms with E-state index in [0.29, 0.717) is 0 Å². The van der Waals surface area contributed by atoms with Gasteiger partial charge in [-0.1, -0.05) is 88.2 Å². The van der Waals surface area contributed by atoms with Gasteiger partial charge in [-0.15, -0.1) is 0 Å². The number of fused-ring (bicyclic) bond motifs is 7. The highest BCUT2D eigenvalue weighted by molar-refractivity contribution is 5.44. The van der Waals surface area contributed by atoms with Crippen LogP contribution in [0.1, 0.15) is 347 Å². The lowest BCUT2D eigenvalue weighted by atomic mass is 9.21. The molecular weight excluding hydrogens is 1680 g/mol. The van der Waals surface area contributed by atoms with Crippen molar-refractivity contribution in [1.82, 2.24) is 0 Å². The molecule has 140 heavy (non-hydrogen) atoms. The van der Waals surface area contributed by atoms with Crippen LogP contribution >= 0.6 is 0 Å². The van der Waals surface area contributed by atoms with Crippen molar-refractivity contribution >= 4 is 0 Å². The summed E-state index contributed by atoms with van der Waals surface area (Å²) in [5, 5.41) is 0. The van der Waals surface area contributed by atoms with Crippen LogP contribution in [0.2, 0.25) is 0 Å². The van der Waals surface area contributed by atoms with Crippen molar-refractivity contribution < 1.29 is 0 Å². The monoisotopic (exact) mass is 1870 g/mol. The highest BCUT2D eigenvalue weighted by Gasteiger charge is 2.88. The normalized spacial score (nSPS) is 74.6. The van der Waals surface area contributed by atoms with Gasteiger partial charge >= 0.3 is 0 Å². The zero-order valence-corrected chi connectivity index (χ0v) is 87.7. The first-order chi connectivity index (χ1) is 69.5. The van der Waals surface area contributed by atoms with E-state index < -0.39 is 0 Å². The quantitative estimate of drug-likeness (QED) is 0.212. The molecule has 0 aromatic rings. The molecule has 0 spiro atoms. The van der Waals surface area contributed by atoms with E-state index in [4.69, 9.17) is 0 Å². The van der Waals surface area contributed by atoms with Crippen LogP contribution in [0.3, 0.4) is 0 Å². The topological polar surface area (TPSA) is 0 Å². The first-order valence-electron chi connectivity index (χ1n) is 69.2. The van der Waals surface area contributed by atoms with E-state index in [2.05, 4.69) is 11.1 Å². The van der Waals surface area contributed by atoms with Gasteiger partial charge in [0.2, 0.25) is 0 Å². The van der Waals surface area contributed by atoms with Gasteiger partial charge in [-0.3, -0.25) is 0 Å². The summed E-state index contributed by atoms with van der Waals surface area (Å²) in [6.45, 7) is 0. The first-order valence-corrected chi connectivity index (χ1v) is 69.2. The van der Waals surface area contributed by atoms with Gasteiger partial charge in [0.25, 0.3) is 0 Å². The molecule has 0 aliphatic heterocycles. The Balaban J connectivity index is 0.0000000798. The molecule has 0 amide bonds. The zero-order chi connectivity index (χ0) is 87.8. The van der Waals surface area contributed by atoms with Gasteiger partial charge in [0, 0.05) is 0 Å². The second-order valence-corrected chi connectivity index (χ2v) is 69.9. The lowest BCUT2D eigenvalue weighted by Crippen LogP contribution is -2.79. The summed E-state index contributed by atoms with van der Waals surface area (Å²) in [5.41, 5.74) is 4.71. The second-order valence-electron chi connectivity index (χ2n) is 69.9. The van der Waals surface area contributed by atoms with Gasteiger partial charge in [-0.05, 0) is 767 Å². The fourth-order valence-electron chi connectivity index (χ4n) is 74.0. The minimum Gasteiger partial charge on any atom is -0.0636 e. The Labute approximate surface area is 849 Å². The van der Waals surface area contributed by atoms with E-state index in [1.165, 1.54) is 438 Å². The maximum absolute atomic E-state index is 2.35. The van der Waals surface area contributed by atoms with E-state index in [0.717, 1.165) is 59.2 Å². The van der Waals surface area contributed by atoms with Crippen LogP contribution in [0.25, 0.3) is 0 Å². The summed E-state index contributed by atoms with van der Waals surface area (Å²) in [5.74, 6) is 101. The summed E-state index contributed by atoms with van der Waals surface area (Å²) in [6, 6.07) is 0. The third kappa shape index (κ3) is 8.81. The second kappa shape index (κ2) is 27.1. The molecule has 0 aromatic carbocycles. The van der Waals surface area contributed by atoms with Crippen molar-refractivity contribution in [1.29, 1.82) is 0 Å². The maximum Gasteiger partial charge on any atom is -0.0130 e. The summed E-state index contributed by atoms with van der Waals surface area (Å²) in [4.78, 5) is 0. The SMILES string of the molecule is C1CC2CC3CCC4C5CCCC6C7CCC8CCC9CCC%10CC%11CC%12CC(C1)C2C1C3C4C2C(C%121)C%11C1C%10C9C8C7C1C2C65.C1CC2CC3CCC4CC5CCC6CC7CCC8CCC9C%10CCCC%11CC%12C(C1)C2C1C3C4C2C5=C6C3C7C8C9C4C3C2C1C%12C4C%11%10.C1CC2CC3CCC4CCC5C6CCC7CCC8CC9CCCC%10C%11CCC%12C(C1)C2C1C3C4C5C2C1C%12C%11C1C(C9%10)C8C7C6C12. The average molecular weight is 1880 g/mol. The van der Waals surface area contributed by atoms with E-state index in [9.17, 15) is 0 Å². The van der Waals surface area contributed by atoms with Crippen LogP contribution in [0.15, 0.2) is 11.1 Å².